The van der Waals surface area contributed by atoms with Gasteiger partial charge in [0.2, 0.25) is 5.91 Å². The number of carbonyl (C=O) groups is 1. The van der Waals surface area contributed by atoms with Crippen molar-refractivity contribution < 1.29 is 9.22 Å². The second kappa shape index (κ2) is 5.78. The number of β-lactam (4-membered cyclic amide) rings is 1. The van der Waals surface area contributed by atoms with Crippen LogP contribution >= 0.6 is 11.8 Å². The lowest BCUT2D eigenvalue weighted by atomic mass is 9.96. The Bertz CT molecular complexity index is 339. The summed E-state index contributed by atoms with van der Waals surface area (Å²) in [6, 6.07) is 0. The quantitative estimate of drug-likeness (QED) is 0.623. The molecule has 0 unspecified atom stereocenters. The average Bonchev–Trinajstić information content (AvgIpc) is 2.12. The predicted octanol–water partition coefficient (Wildman–Crippen LogP) is 3.61. The van der Waals surface area contributed by atoms with Gasteiger partial charge in [-0.25, -0.2) is 0 Å². The van der Waals surface area contributed by atoms with E-state index in [0.29, 0.717) is 5.25 Å². The minimum atomic E-state index is -1.80. The monoisotopic (exact) mass is 303 g/mol. The van der Waals surface area contributed by atoms with Crippen LogP contribution in [0, 0.1) is 5.92 Å². The lowest BCUT2D eigenvalue weighted by Crippen LogP contribution is -2.62. The van der Waals surface area contributed by atoms with Gasteiger partial charge >= 0.3 is 0 Å². The third-order valence-electron chi connectivity index (χ3n) is 4.12. The van der Waals surface area contributed by atoms with E-state index in [1.165, 1.54) is 0 Å². The third kappa shape index (κ3) is 3.98. The highest BCUT2D eigenvalue weighted by atomic mass is 32.2. The van der Waals surface area contributed by atoms with E-state index in [1.807, 2.05) is 11.8 Å². The highest BCUT2D eigenvalue weighted by Crippen LogP contribution is 2.40. The molecule has 1 N–H and O–H groups in total. The van der Waals surface area contributed by atoms with Gasteiger partial charge in [-0.3, -0.25) is 4.79 Å². The van der Waals surface area contributed by atoms with Crippen LogP contribution in [0.25, 0.3) is 0 Å². The van der Waals surface area contributed by atoms with Crippen LogP contribution in [0.5, 0.6) is 0 Å². The highest BCUT2D eigenvalue weighted by molar-refractivity contribution is 8.00. The number of hydrogen-bond acceptors (Lipinski definition) is 3. The molecule has 1 heterocycles. The molecule has 1 rings (SSSR count). The summed E-state index contributed by atoms with van der Waals surface area (Å²) >= 11 is 1.82. The van der Waals surface area contributed by atoms with E-state index >= 15 is 0 Å². The molecule has 3 atom stereocenters. The fourth-order valence-electron chi connectivity index (χ4n) is 1.95. The van der Waals surface area contributed by atoms with Gasteiger partial charge in [-0.1, -0.05) is 34.6 Å². The first-order chi connectivity index (χ1) is 8.45. The van der Waals surface area contributed by atoms with Crippen LogP contribution in [0.1, 0.15) is 41.5 Å². The summed E-state index contributed by atoms with van der Waals surface area (Å²) in [5.74, 6) is 0.144. The summed E-state index contributed by atoms with van der Waals surface area (Å²) < 4.78 is 6.35. The average molecular weight is 304 g/mol. The molecule has 3 nitrogen and oxygen atoms in total. The van der Waals surface area contributed by atoms with Crippen molar-refractivity contribution in [3.63, 3.8) is 0 Å². The lowest BCUT2D eigenvalue weighted by Gasteiger charge is -2.45. The Hall–Kier alpha value is -0.00312. The van der Waals surface area contributed by atoms with Gasteiger partial charge in [0, 0.05) is 5.25 Å². The number of hydrogen-bond donors (Lipinski definition) is 1. The van der Waals surface area contributed by atoms with Crippen molar-refractivity contribution in [2.45, 2.75) is 76.4 Å². The Morgan fingerprint density at radius 3 is 2.16 bits per heavy atom. The van der Waals surface area contributed by atoms with Crippen LogP contribution < -0.4 is 5.32 Å². The van der Waals surface area contributed by atoms with Crippen molar-refractivity contribution in [3.05, 3.63) is 0 Å². The Morgan fingerprint density at radius 1 is 1.26 bits per heavy atom. The van der Waals surface area contributed by atoms with Gasteiger partial charge in [0.05, 0.1) is 17.4 Å². The summed E-state index contributed by atoms with van der Waals surface area (Å²) in [7, 11) is -1.80. The Labute approximate surface area is 123 Å². The molecule has 0 aromatic heterocycles. The molecule has 112 valence electrons. The van der Waals surface area contributed by atoms with Gasteiger partial charge in [0.15, 0.2) is 8.32 Å². The molecule has 1 aliphatic heterocycles. The molecule has 0 bridgehead atoms. The normalized spacial score (nSPS) is 26.1. The summed E-state index contributed by atoms with van der Waals surface area (Å²) in [5.41, 5.74) is 0. The topological polar surface area (TPSA) is 38.3 Å². The Balaban J connectivity index is 2.67. The van der Waals surface area contributed by atoms with Crippen molar-refractivity contribution in [1.82, 2.24) is 5.32 Å². The maximum absolute atomic E-state index is 11.8. The van der Waals surface area contributed by atoms with Gasteiger partial charge in [-0.2, -0.15) is 0 Å². The second-order valence-corrected chi connectivity index (χ2v) is 13.7. The summed E-state index contributed by atoms with van der Waals surface area (Å²) in [5, 5.41) is 3.91. The molecule has 0 aromatic carbocycles. The van der Waals surface area contributed by atoms with Crippen LogP contribution in [-0.4, -0.2) is 31.0 Å². The van der Waals surface area contributed by atoms with Gasteiger partial charge in [0.1, 0.15) is 0 Å². The first-order valence-corrected chi connectivity index (χ1v) is 10.9. The molecule has 19 heavy (non-hydrogen) atoms. The Kier molecular flexibility index (Phi) is 5.18. The SMILES string of the molecule is CC(C)S[C@H]1NC(=O)[C@@H]1[C@@H](C)O[Si](C)(C)C(C)(C)C. The molecule has 1 aliphatic rings. The zero-order chi connectivity index (χ0) is 15.0. The third-order valence-corrected chi connectivity index (χ3v) is 9.95. The summed E-state index contributed by atoms with van der Waals surface area (Å²) in [6.07, 6.45) is 0.00546. The maximum atomic E-state index is 11.8. The van der Waals surface area contributed by atoms with E-state index in [1.54, 1.807) is 0 Å². The number of thioether (sulfide) groups is 1. The van der Waals surface area contributed by atoms with Crippen molar-refractivity contribution in [2.75, 3.05) is 0 Å². The van der Waals surface area contributed by atoms with Crippen molar-refractivity contribution in [3.8, 4) is 0 Å². The first kappa shape index (κ1) is 17.0. The Morgan fingerprint density at radius 2 is 1.79 bits per heavy atom. The molecule has 0 aromatic rings. The van der Waals surface area contributed by atoms with Crippen LogP contribution in [-0.2, 0) is 9.22 Å². The fraction of sp³-hybridized carbons (Fsp3) is 0.929. The van der Waals surface area contributed by atoms with E-state index in [0.717, 1.165) is 0 Å². The van der Waals surface area contributed by atoms with E-state index in [4.69, 9.17) is 4.43 Å². The number of carbonyl (C=O) groups excluding carboxylic acids is 1. The van der Waals surface area contributed by atoms with Crippen LogP contribution in [0.4, 0.5) is 0 Å². The van der Waals surface area contributed by atoms with Gasteiger partial charge in [-0.05, 0) is 25.1 Å². The second-order valence-electron chi connectivity index (χ2n) is 7.22. The standard InChI is InChI=1S/C14H29NO2SSi/c1-9(2)18-13-11(12(16)15-13)10(3)17-19(7,8)14(4,5)6/h9-11,13H,1-8H3,(H,15,16)/t10-,11+,13-/m1/s1. The van der Waals surface area contributed by atoms with Crippen LogP contribution in [0.2, 0.25) is 18.1 Å². The molecule has 0 spiro atoms. The highest BCUT2D eigenvalue weighted by Gasteiger charge is 2.47. The minimum Gasteiger partial charge on any atom is -0.413 e. The van der Waals surface area contributed by atoms with Gasteiger partial charge < -0.3 is 9.74 Å². The van der Waals surface area contributed by atoms with Crippen molar-refractivity contribution in [2.24, 2.45) is 5.92 Å². The number of rotatable bonds is 5. The zero-order valence-corrected chi connectivity index (χ0v) is 15.4. The molecular weight excluding hydrogens is 274 g/mol. The summed E-state index contributed by atoms with van der Waals surface area (Å²) in [4.78, 5) is 11.8. The number of amides is 1. The molecular formula is C14H29NO2SSi. The summed E-state index contributed by atoms with van der Waals surface area (Å²) in [6.45, 7) is 17.5. The van der Waals surface area contributed by atoms with E-state index < -0.39 is 8.32 Å². The molecule has 0 radical (unpaired) electrons. The van der Waals surface area contributed by atoms with E-state index in [-0.39, 0.29) is 28.3 Å². The first-order valence-electron chi connectivity index (χ1n) is 7.09. The largest absolute Gasteiger partial charge is 0.413 e. The van der Waals surface area contributed by atoms with Crippen LogP contribution in [0.3, 0.4) is 0 Å². The van der Waals surface area contributed by atoms with E-state index in [9.17, 15) is 4.79 Å². The fourth-order valence-corrected chi connectivity index (χ4v) is 4.67. The minimum absolute atomic E-state index is 0.00141. The van der Waals surface area contributed by atoms with Crippen molar-refractivity contribution in [1.29, 1.82) is 0 Å². The predicted molar refractivity (Wildman–Crippen MR) is 85.9 cm³/mol. The molecule has 1 fully saturated rings. The van der Waals surface area contributed by atoms with Gasteiger partial charge in [-0.15, -0.1) is 11.8 Å². The van der Waals surface area contributed by atoms with Gasteiger partial charge in [0.25, 0.3) is 0 Å². The molecule has 5 heteroatoms. The molecule has 1 amide bonds. The molecule has 0 aliphatic carbocycles. The van der Waals surface area contributed by atoms with Crippen LogP contribution in [0.15, 0.2) is 0 Å². The molecule has 1 saturated heterocycles. The van der Waals surface area contributed by atoms with E-state index in [2.05, 4.69) is 60.0 Å². The lowest BCUT2D eigenvalue weighted by molar-refractivity contribution is -0.136. The number of nitrogens with one attached hydrogen (secondary N) is 1. The zero-order valence-electron chi connectivity index (χ0n) is 13.5. The molecule has 0 saturated carbocycles. The van der Waals surface area contributed by atoms with Crippen molar-refractivity contribution >= 4 is 26.0 Å². The maximum Gasteiger partial charge on any atom is 0.229 e. The smallest absolute Gasteiger partial charge is 0.229 e.